The number of methoxy groups -OCH3 is 1. The number of ether oxygens (including phenoxy) is 1. The van der Waals surface area contributed by atoms with E-state index in [1.54, 1.807) is 7.11 Å². The Labute approximate surface area is 87.4 Å². The van der Waals surface area contributed by atoms with Crippen LogP contribution >= 0.6 is 0 Å². The molecule has 0 aliphatic carbocycles. The zero-order chi connectivity index (χ0) is 11.7. The maximum absolute atomic E-state index is 11.0. The van der Waals surface area contributed by atoms with Crippen LogP contribution in [0.3, 0.4) is 0 Å². The van der Waals surface area contributed by atoms with Crippen LogP contribution in [0.5, 0.6) is 0 Å². The Kier molecular flexibility index (Phi) is 7.29. The van der Waals surface area contributed by atoms with Gasteiger partial charge in [-0.3, -0.25) is 0 Å². The SMILES string of the molecule is COCCCNC(=O)N[C@@H](CO)C(=O)O. The maximum Gasteiger partial charge on any atom is 0.328 e. The number of nitrogens with one attached hydrogen (secondary N) is 2. The number of carbonyl (C=O) groups is 2. The predicted molar refractivity (Wildman–Crippen MR) is 51.5 cm³/mol. The number of amides is 2. The minimum Gasteiger partial charge on any atom is -0.480 e. The lowest BCUT2D eigenvalue weighted by Crippen LogP contribution is -2.48. The van der Waals surface area contributed by atoms with Gasteiger partial charge in [-0.1, -0.05) is 0 Å². The molecule has 4 N–H and O–H groups in total. The van der Waals surface area contributed by atoms with E-state index < -0.39 is 24.6 Å². The van der Waals surface area contributed by atoms with Crippen molar-refractivity contribution in [3.05, 3.63) is 0 Å². The average Bonchev–Trinajstić information content (AvgIpc) is 2.20. The van der Waals surface area contributed by atoms with Crippen molar-refractivity contribution in [1.29, 1.82) is 0 Å². The molecule has 0 unspecified atom stereocenters. The first-order valence-electron chi connectivity index (χ1n) is 4.48. The summed E-state index contributed by atoms with van der Waals surface area (Å²) in [6, 6.07) is -1.89. The molecule has 7 nitrogen and oxygen atoms in total. The minimum atomic E-state index is -1.27. The third-order valence-electron chi connectivity index (χ3n) is 1.60. The number of carboxylic acids is 1. The molecule has 0 spiro atoms. The van der Waals surface area contributed by atoms with E-state index in [4.69, 9.17) is 14.9 Å². The minimum absolute atomic E-state index is 0.386. The molecule has 0 aromatic heterocycles. The highest BCUT2D eigenvalue weighted by Crippen LogP contribution is 1.83. The van der Waals surface area contributed by atoms with Crippen molar-refractivity contribution in [2.45, 2.75) is 12.5 Å². The zero-order valence-corrected chi connectivity index (χ0v) is 8.52. The summed E-state index contributed by atoms with van der Waals surface area (Å²) in [7, 11) is 1.55. The fourth-order valence-corrected chi connectivity index (χ4v) is 0.813. The van der Waals surface area contributed by atoms with Crippen molar-refractivity contribution in [3.8, 4) is 0 Å². The van der Waals surface area contributed by atoms with Crippen LogP contribution in [0.4, 0.5) is 4.79 Å². The predicted octanol–water partition coefficient (Wildman–Crippen LogP) is -1.23. The van der Waals surface area contributed by atoms with Crippen molar-refractivity contribution < 1.29 is 24.5 Å². The van der Waals surface area contributed by atoms with Crippen LogP contribution < -0.4 is 10.6 Å². The third-order valence-corrected chi connectivity index (χ3v) is 1.60. The lowest BCUT2D eigenvalue weighted by molar-refractivity contribution is -0.140. The molecule has 0 heterocycles. The van der Waals surface area contributed by atoms with Gasteiger partial charge in [0.25, 0.3) is 0 Å². The van der Waals surface area contributed by atoms with Gasteiger partial charge in [0.05, 0.1) is 6.61 Å². The van der Waals surface area contributed by atoms with E-state index in [2.05, 4.69) is 10.6 Å². The summed E-state index contributed by atoms with van der Waals surface area (Å²) >= 11 is 0. The van der Waals surface area contributed by atoms with E-state index in [0.29, 0.717) is 19.6 Å². The topological polar surface area (TPSA) is 108 Å². The first kappa shape index (κ1) is 13.7. The van der Waals surface area contributed by atoms with E-state index in [9.17, 15) is 9.59 Å². The second kappa shape index (κ2) is 8.01. The van der Waals surface area contributed by atoms with Gasteiger partial charge in [-0.05, 0) is 6.42 Å². The van der Waals surface area contributed by atoms with Gasteiger partial charge < -0.3 is 25.6 Å². The number of carbonyl (C=O) groups excluding carboxylic acids is 1. The molecular formula is C8H16N2O5. The molecule has 0 rings (SSSR count). The molecule has 0 saturated heterocycles. The number of hydrogen-bond acceptors (Lipinski definition) is 4. The van der Waals surface area contributed by atoms with Gasteiger partial charge in [0, 0.05) is 20.3 Å². The van der Waals surface area contributed by atoms with E-state index in [1.165, 1.54) is 0 Å². The first-order chi connectivity index (χ1) is 7.11. The van der Waals surface area contributed by atoms with Crippen molar-refractivity contribution in [2.24, 2.45) is 0 Å². The molecule has 0 saturated carbocycles. The molecule has 7 heteroatoms. The van der Waals surface area contributed by atoms with Crippen LogP contribution in [0.25, 0.3) is 0 Å². The largest absolute Gasteiger partial charge is 0.480 e. The van der Waals surface area contributed by atoms with Crippen LogP contribution in [-0.2, 0) is 9.53 Å². The van der Waals surface area contributed by atoms with Crippen molar-refractivity contribution in [2.75, 3.05) is 26.9 Å². The number of aliphatic hydroxyl groups excluding tert-OH is 1. The summed E-state index contributed by atoms with van der Waals surface area (Å²) in [6.45, 7) is 0.265. The fraction of sp³-hybridized carbons (Fsp3) is 0.750. The summed E-state index contributed by atoms with van der Waals surface area (Å²) in [5.74, 6) is -1.27. The molecule has 1 atom stereocenters. The van der Waals surface area contributed by atoms with E-state index >= 15 is 0 Å². The monoisotopic (exact) mass is 220 g/mol. The molecule has 88 valence electrons. The van der Waals surface area contributed by atoms with Gasteiger partial charge in [0.2, 0.25) is 0 Å². The number of urea groups is 1. The molecule has 0 fully saturated rings. The average molecular weight is 220 g/mol. The Balaban J connectivity index is 3.67. The van der Waals surface area contributed by atoms with E-state index in [0.717, 1.165) is 0 Å². The summed E-state index contributed by atoms with van der Waals surface area (Å²) in [5, 5.41) is 21.7. The van der Waals surface area contributed by atoms with Gasteiger partial charge >= 0.3 is 12.0 Å². The Morgan fingerprint density at radius 3 is 2.60 bits per heavy atom. The van der Waals surface area contributed by atoms with Crippen molar-refractivity contribution >= 4 is 12.0 Å². The van der Waals surface area contributed by atoms with Crippen LogP contribution in [0.1, 0.15) is 6.42 Å². The number of aliphatic carboxylic acids is 1. The molecular weight excluding hydrogens is 204 g/mol. The molecule has 15 heavy (non-hydrogen) atoms. The normalized spacial score (nSPS) is 11.9. The quantitative estimate of drug-likeness (QED) is 0.402. The lowest BCUT2D eigenvalue weighted by atomic mass is 10.3. The molecule has 0 radical (unpaired) electrons. The molecule has 0 aromatic carbocycles. The highest BCUT2D eigenvalue weighted by molar-refractivity contribution is 5.82. The summed E-state index contributed by atoms with van der Waals surface area (Å²) < 4.78 is 4.76. The zero-order valence-electron chi connectivity index (χ0n) is 8.52. The third kappa shape index (κ3) is 6.69. The molecule has 0 aliphatic heterocycles. The summed E-state index contributed by atoms with van der Waals surface area (Å²) in [4.78, 5) is 21.5. The van der Waals surface area contributed by atoms with Gasteiger partial charge in [0.15, 0.2) is 6.04 Å². The number of aliphatic hydroxyl groups is 1. The van der Waals surface area contributed by atoms with E-state index in [1.807, 2.05) is 0 Å². The molecule has 0 aliphatic rings. The van der Waals surface area contributed by atoms with Crippen molar-refractivity contribution in [1.82, 2.24) is 10.6 Å². The number of rotatable bonds is 7. The second-order valence-electron chi connectivity index (χ2n) is 2.82. The molecule has 2 amide bonds. The van der Waals surface area contributed by atoms with Gasteiger partial charge in [-0.15, -0.1) is 0 Å². The smallest absolute Gasteiger partial charge is 0.328 e. The molecule has 0 aromatic rings. The first-order valence-corrected chi connectivity index (χ1v) is 4.48. The Bertz CT molecular complexity index is 209. The van der Waals surface area contributed by atoms with Gasteiger partial charge in [-0.25, -0.2) is 9.59 Å². The fourth-order valence-electron chi connectivity index (χ4n) is 0.813. The Morgan fingerprint density at radius 1 is 1.47 bits per heavy atom. The lowest BCUT2D eigenvalue weighted by Gasteiger charge is -2.12. The standard InChI is InChI=1S/C8H16N2O5/c1-15-4-2-3-9-8(14)10-6(5-11)7(12)13/h6,11H,2-5H2,1H3,(H,12,13)(H2,9,10,14)/t6-/m0/s1. The van der Waals surface area contributed by atoms with Crippen LogP contribution in [-0.4, -0.2) is 55.1 Å². The summed E-state index contributed by atoms with van der Waals surface area (Å²) in [5.41, 5.74) is 0. The van der Waals surface area contributed by atoms with Crippen LogP contribution in [0.15, 0.2) is 0 Å². The Morgan fingerprint density at radius 2 is 2.13 bits per heavy atom. The second-order valence-corrected chi connectivity index (χ2v) is 2.82. The number of hydrogen-bond donors (Lipinski definition) is 4. The Hall–Kier alpha value is -1.34. The maximum atomic E-state index is 11.0. The van der Waals surface area contributed by atoms with E-state index in [-0.39, 0.29) is 0 Å². The molecule has 0 bridgehead atoms. The highest BCUT2D eigenvalue weighted by Gasteiger charge is 2.17. The van der Waals surface area contributed by atoms with Crippen LogP contribution in [0.2, 0.25) is 0 Å². The van der Waals surface area contributed by atoms with Crippen LogP contribution in [0, 0.1) is 0 Å². The van der Waals surface area contributed by atoms with Crippen molar-refractivity contribution in [3.63, 3.8) is 0 Å². The van der Waals surface area contributed by atoms with Gasteiger partial charge in [-0.2, -0.15) is 0 Å². The summed E-state index contributed by atoms with van der Waals surface area (Å²) in [6.07, 6.45) is 0.640. The highest BCUT2D eigenvalue weighted by atomic mass is 16.5. The van der Waals surface area contributed by atoms with Gasteiger partial charge in [0.1, 0.15) is 0 Å². The number of carboxylic acid groups (broad SMARTS) is 1.